The van der Waals surface area contributed by atoms with Crippen molar-refractivity contribution in [2.75, 3.05) is 26.3 Å². The summed E-state index contributed by atoms with van der Waals surface area (Å²) in [4.78, 5) is 14.9. The van der Waals surface area contributed by atoms with E-state index < -0.39 is 0 Å². The highest BCUT2D eigenvalue weighted by Crippen LogP contribution is 2.60. The van der Waals surface area contributed by atoms with Crippen molar-refractivity contribution in [3.05, 3.63) is 69.7 Å². The maximum absolute atomic E-state index is 12.4. The highest BCUT2D eigenvalue weighted by Gasteiger charge is 2.53. The number of halogens is 1. The number of nitrogens with one attached hydrogen (secondary N) is 1. The van der Waals surface area contributed by atoms with Crippen LogP contribution in [0.1, 0.15) is 60.8 Å². The Labute approximate surface area is 183 Å². The lowest BCUT2D eigenvalue weighted by Gasteiger charge is -2.42. The van der Waals surface area contributed by atoms with Crippen molar-refractivity contribution in [3.63, 3.8) is 0 Å². The predicted octanol–water partition coefficient (Wildman–Crippen LogP) is 4.44. The van der Waals surface area contributed by atoms with Gasteiger partial charge in [0, 0.05) is 36.1 Å². The molecule has 1 fully saturated rings. The van der Waals surface area contributed by atoms with Gasteiger partial charge in [0.1, 0.15) is 6.61 Å². The molecule has 2 bridgehead atoms. The number of carbonyl (C=O) groups is 1. The van der Waals surface area contributed by atoms with E-state index in [1.807, 2.05) is 13.0 Å². The molecule has 0 saturated carbocycles. The minimum absolute atomic E-state index is 0.0224. The van der Waals surface area contributed by atoms with Gasteiger partial charge < -0.3 is 10.1 Å². The Morgan fingerprint density at radius 3 is 2.90 bits per heavy atom. The lowest BCUT2D eigenvalue weighted by Crippen LogP contribution is -2.55. The number of hydrogen-bond donors (Lipinski definition) is 1. The third-order valence-corrected chi connectivity index (χ3v) is 7.40. The van der Waals surface area contributed by atoms with E-state index in [-0.39, 0.29) is 24.1 Å². The number of benzene rings is 2. The Morgan fingerprint density at radius 2 is 2.03 bits per heavy atom. The molecule has 1 heterocycles. The van der Waals surface area contributed by atoms with Crippen LogP contribution in [-0.4, -0.2) is 43.3 Å². The maximum Gasteiger partial charge on any atom is 0.247 e. The number of likely N-dealkylation sites (tertiary alicyclic amines) is 1. The Kier molecular flexibility index (Phi) is 5.34. The quantitative estimate of drug-likeness (QED) is 0.745. The highest BCUT2D eigenvalue weighted by molar-refractivity contribution is 6.30. The second-order valence-corrected chi connectivity index (χ2v) is 9.28. The van der Waals surface area contributed by atoms with Crippen LogP contribution >= 0.6 is 11.6 Å². The summed E-state index contributed by atoms with van der Waals surface area (Å²) in [5.74, 6) is 0.426. The van der Waals surface area contributed by atoms with Crippen molar-refractivity contribution in [2.45, 2.75) is 50.1 Å². The molecule has 0 radical (unpaired) electrons. The second kappa shape index (κ2) is 7.99. The summed E-state index contributed by atoms with van der Waals surface area (Å²) in [7, 11) is 0. The fourth-order valence-electron chi connectivity index (χ4n) is 5.93. The average Bonchev–Trinajstić information content (AvgIpc) is 3.25. The van der Waals surface area contributed by atoms with Gasteiger partial charge in [0.25, 0.3) is 0 Å². The third-order valence-electron chi connectivity index (χ3n) is 7.16. The van der Waals surface area contributed by atoms with Crippen molar-refractivity contribution in [3.8, 4) is 0 Å². The maximum atomic E-state index is 12.4. The Morgan fingerprint density at radius 1 is 1.20 bits per heavy atom. The van der Waals surface area contributed by atoms with E-state index in [4.69, 9.17) is 16.3 Å². The molecule has 5 rings (SSSR count). The standard InChI is InChI=1S/C25H29ClN2O2/c1-2-30-15-24(29)27-23-9-5-6-12-28(23)16-25-14-20(18-7-3-4-8-21(18)25)19-11-10-17(26)13-22(19)25/h3-4,7-8,10-11,13,20,23H,2,5-6,9,12,14-16H2,1H3,(H,27,29)/t20-,23?,25+/m1/s1. The number of nitrogens with zero attached hydrogens (tertiary/aromatic N) is 1. The molecule has 1 N–H and O–H groups in total. The molecule has 3 atom stereocenters. The normalized spacial score (nSPS) is 27.0. The van der Waals surface area contributed by atoms with E-state index in [1.165, 1.54) is 28.7 Å². The smallest absolute Gasteiger partial charge is 0.247 e. The van der Waals surface area contributed by atoms with Crippen molar-refractivity contribution in [2.24, 2.45) is 0 Å². The van der Waals surface area contributed by atoms with Crippen molar-refractivity contribution in [1.29, 1.82) is 0 Å². The van der Waals surface area contributed by atoms with Gasteiger partial charge in [-0.3, -0.25) is 9.69 Å². The minimum Gasteiger partial charge on any atom is -0.372 e. The van der Waals surface area contributed by atoms with Crippen LogP contribution in [0.3, 0.4) is 0 Å². The molecule has 3 aliphatic rings. The van der Waals surface area contributed by atoms with Gasteiger partial charge in [-0.2, -0.15) is 0 Å². The number of ether oxygens (including phenoxy) is 1. The molecule has 2 aromatic rings. The van der Waals surface area contributed by atoms with Crippen LogP contribution in [0.15, 0.2) is 42.5 Å². The van der Waals surface area contributed by atoms with E-state index in [2.05, 4.69) is 46.6 Å². The Hall–Kier alpha value is -1.88. The van der Waals surface area contributed by atoms with Gasteiger partial charge in [-0.05, 0) is 67.0 Å². The zero-order chi connectivity index (χ0) is 20.7. The highest BCUT2D eigenvalue weighted by atomic mass is 35.5. The van der Waals surface area contributed by atoms with Gasteiger partial charge in [0.05, 0.1) is 6.17 Å². The first-order valence-corrected chi connectivity index (χ1v) is 11.5. The molecule has 1 saturated heterocycles. The first-order valence-electron chi connectivity index (χ1n) is 11.1. The van der Waals surface area contributed by atoms with Crippen LogP contribution in [0, 0.1) is 0 Å². The summed E-state index contributed by atoms with van der Waals surface area (Å²) < 4.78 is 5.31. The summed E-state index contributed by atoms with van der Waals surface area (Å²) in [6, 6.07) is 15.3. The molecule has 4 nitrogen and oxygen atoms in total. The monoisotopic (exact) mass is 424 g/mol. The number of rotatable bonds is 6. The summed E-state index contributed by atoms with van der Waals surface area (Å²) in [6.45, 7) is 4.52. The molecular weight excluding hydrogens is 396 g/mol. The molecule has 0 spiro atoms. The van der Waals surface area contributed by atoms with Crippen LogP contribution < -0.4 is 5.32 Å². The minimum atomic E-state index is -0.0538. The SMILES string of the molecule is CCOCC(=O)NC1CCCCN1C[C@@]12C[C@H](c3ccccc31)c1ccc(Cl)cc12. The molecular formula is C25H29ClN2O2. The van der Waals surface area contributed by atoms with Crippen LogP contribution in [0.4, 0.5) is 0 Å². The third kappa shape index (κ3) is 3.26. The van der Waals surface area contributed by atoms with E-state index in [9.17, 15) is 4.79 Å². The summed E-state index contributed by atoms with van der Waals surface area (Å²) in [5.41, 5.74) is 5.65. The van der Waals surface area contributed by atoms with Crippen LogP contribution in [0.25, 0.3) is 0 Å². The van der Waals surface area contributed by atoms with Crippen molar-refractivity contribution >= 4 is 17.5 Å². The van der Waals surface area contributed by atoms with Gasteiger partial charge in [0.2, 0.25) is 5.91 Å². The Bertz CT molecular complexity index is 962. The van der Waals surface area contributed by atoms with Gasteiger partial charge in [-0.25, -0.2) is 0 Å². The number of piperidine rings is 1. The number of carbonyl (C=O) groups excluding carboxylic acids is 1. The molecule has 2 aliphatic carbocycles. The van der Waals surface area contributed by atoms with Crippen molar-refractivity contribution < 1.29 is 9.53 Å². The van der Waals surface area contributed by atoms with E-state index >= 15 is 0 Å². The lowest BCUT2D eigenvalue weighted by atomic mass is 9.74. The van der Waals surface area contributed by atoms with Crippen LogP contribution in [0.2, 0.25) is 5.02 Å². The Balaban J connectivity index is 1.47. The fraction of sp³-hybridized carbons (Fsp3) is 0.480. The molecule has 0 aromatic heterocycles. The molecule has 1 amide bonds. The zero-order valence-corrected chi connectivity index (χ0v) is 18.3. The van der Waals surface area contributed by atoms with E-state index in [0.717, 1.165) is 37.4 Å². The predicted molar refractivity (Wildman–Crippen MR) is 119 cm³/mol. The van der Waals surface area contributed by atoms with Gasteiger partial charge in [-0.15, -0.1) is 0 Å². The van der Waals surface area contributed by atoms with E-state index in [1.54, 1.807) is 0 Å². The summed E-state index contributed by atoms with van der Waals surface area (Å²) >= 11 is 6.45. The van der Waals surface area contributed by atoms with Crippen molar-refractivity contribution in [1.82, 2.24) is 10.2 Å². The van der Waals surface area contributed by atoms with Crippen LogP contribution in [0.5, 0.6) is 0 Å². The number of amides is 1. The first kappa shape index (κ1) is 20.0. The largest absolute Gasteiger partial charge is 0.372 e. The second-order valence-electron chi connectivity index (χ2n) is 8.84. The molecule has 1 aliphatic heterocycles. The summed E-state index contributed by atoms with van der Waals surface area (Å²) in [5, 5.41) is 4.03. The van der Waals surface area contributed by atoms with E-state index in [0.29, 0.717) is 12.5 Å². The average molecular weight is 425 g/mol. The fourth-order valence-corrected chi connectivity index (χ4v) is 6.10. The lowest BCUT2D eigenvalue weighted by molar-refractivity contribution is -0.128. The van der Waals surface area contributed by atoms with Gasteiger partial charge in [0.15, 0.2) is 0 Å². The van der Waals surface area contributed by atoms with Gasteiger partial charge in [-0.1, -0.05) is 41.9 Å². The molecule has 5 heteroatoms. The number of hydrogen-bond acceptors (Lipinski definition) is 3. The summed E-state index contributed by atoms with van der Waals surface area (Å²) in [6.07, 6.45) is 4.46. The number of fused-ring (bicyclic) bond motifs is 8. The van der Waals surface area contributed by atoms with Gasteiger partial charge >= 0.3 is 0 Å². The molecule has 158 valence electrons. The molecule has 30 heavy (non-hydrogen) atoms. The molecule has 1 unspecified atom stereocenters. The topological polar surface area (TPSA) is 41.6 Å². The zero-order valence-electron chi connectivity index (χ0n) is 17.5. The van der Waals surface area contributed by atoms with Crippen LogP contribution in [-0.2, 0) is 14.9 Å². The molecule has 2 aromatic carbocycles. The first-order chi connectivity index (χ1) is 14.6.